The second-order valence-electron chi connectivity index (χ2n) is 2.68. The number of carbonyl (C=O) groups excluding carboxylic acids is 2. The molecule has 0 atom stereocenters. The number of carbonyl (C=O) groups is 2. The predicted octanol–water partition coefficient (Wildman–Crippen LogP) is -0.345. The predicted molar refractivity (Wildman–Crippen MR) is 59.2 cm³/mol. The first-order valence-corrected chi connectivity index (χ1v) is 5.41. The van der Waals surface area contributed by atoms with Crippen LogP contribution >= 0.6 is 12.6 Å². The van der Waals surface area contributed by atoms with Crippen LogP contribution in [0.5, 0.6) is 0 Å². The highest BCUT2D eigenvalue weighted by Gasteiger charge is 1.97. The zero-order chi connectivity index (χ0) is 11.4. The second kappa shape index (κ2) is 11.5. The molecule has 88 valence electrons. The monoisotopic (exact) mass is 235 g/mol. The minimum absolute atomic E-state index is 0.0224. The van der Waals surface area contributed by atoms with E-state index in [9.17, 15) is 9.59 Å². The molecule has 1 amide bonds. The SMILES string of the molecule is O=CCOCCOCCNC(=O)CCS. The van der Waals surface area contributed by atoms with Gasteiger partial charge in [0.25, 0.3) is 0 Å². The van der Waals surface area contributed by atoms with Crippen LogP contribution in [0.4, 0.5) is 0 Å². The quantitative estimate of drug-likeness (QED) is 0.309. The first-order chi connectivity index (χ1) is 7.31. The Morgan fingerprint density at radius 3 is 2.67 bits per heavy atom. The molecule has 0 aliphatic heterocycles. The number of ether oxygens (including phenoxy) is 2. The average molecular weight is 235 g/mol. The van der Waals surface area contributed by atoms with E-state index in [2.05, 4.69) is 17.9 Å². The van der Waals surface area contributed by atoms with Crippen LogP contribution in [0.3, 0.4) is 0 Å². The number of rotatable bonds is 10. The van der Waals surface area contributed by atoms with E-state index in [1.165, 1.54) is 0 Å². The van der Waals surface area contributed by atoms with Crippen LogP contribution < -0.4 is 5.32 Å². The molecule has 0 saturated heterocycles. The van der Waals surface area contributed by atoms with Gasteiger partial charge in [-0.1, -0.05) is 0 Å². The second-order valence-corrected chi connectivity index (χ2v) is 3.12. The molecule has 0 aliphatic carbocycles. The summed E-state index contributed by atoms with van der Waals surface area (Å²) in [4.78, 5) is 20.8. The molecule has 5 nitrogen and oxygen atoms in total. The molecule has 0 saturated carbocycles. The van der Waals surface area contributed by atoms with Gasteiger partial charge in [-0.25, -0.2) is 0 Å². The van der Waals surface area contributed by atoms with Gasteiger partial charge in [-0.3, -0.25) is 4.79 Å². The van der Waals surface area contributed by atoms with Gasteiger partial charge in [-0.05, 0) is 5.75 Å². The van der Waals surface area contributed by atoms with Crippen LogP contribution in [0.2, 0.25) is 0 Å². The minimum Gasteiger partial charge on any atom is -0.377 e. The third-order valence-corrected chi connectivity index (χ3v) is 1.69. The minimum atomic E-state index is -0.0224. The van der Waals surface area contributed by atoms with E-state index >= 15 is 0 Å². The maximum atomic E-state index is 10.9. The van der Waals surface area contributed by atoms with Crippen LogP contribution in [0.25, 0.3) is 0 Å². The van der Waals surface area contributed by atoms with Crippen LogP contribution in [0, 0.1) is 0 Å². The van der Waals surface area contributed by atoms with Gasteiger partial charge >= 0.3 is 0 Å². The normalized spacial score (nSPS) is 9.93. The van der Waals surface area contributed by atoms with Gasteiger partial charge in [0.05, 0.1) is 19.8 Å². The highest BCUT2D eigenvalue weighted by Crippen LogP contribution is 1.83. The maximum Gasteiger partial charge on any atom is 0.220 e. The molecule has 0 unspecified atom stereocenters. The van der Waals surface area contributed by atoms with Gasteiger partial charge in [-0.2, -0.15) is 12.6 Å². The van der Waals surface area contributed by atoms with E-state index in [0.717, 1.165) is 0 Å². The van der Waals surface area contributed by atoms with E-state index in [-0.39, 0.29) is 12.5 Å². The number of aldehydes is 1. The summed E-state index contributed by atoms with van der Waals surface area (Å²) in [5, 5.41) is 2.68. The van der Waals surface area contributed by atoms with Crippen molar-refractivity contribution in [3.63, 3.8) is 0 Å². The zero-order valence-electron chi connectivity index (χ0n) is 8.61. The van der Waals surface area contributed by atoms with Gasteiger partial charge < -0.3 is 19.6 Å². The Bertz CT molecular complexity index is 177. The molecular weight excluding hydrogens is 218 g/mol. The lowest BCUT2D eigenvalue weighted by Gasteiger charge is -2.05. The summed E-state index contributed by atoms with van der Waals surface area (Å²) in [7, 11) is 0. The Morgan fingerprint density at radius 1 is 1.27 bits per heavy atom. The summed E-state index contributed by atoms with van der Waals surface area (Å²) in [5.41, 5.74) is 0. The Morgan fingerprint density at radius 2 is 2.00 bits per heavy atom. The van der Waals surface area contributed by atoms with Crippen molar-refractivity contribution in [1.29, 1.82) is 0 Å². The van der Waals surface area contributed by atoms with Crippen LogP contribution in [-0.2, 0) is 19.1 Å². The molecule has 0 fully saturated rings. The summed E-state index contributed by atoms with van der Waals surface area (Å²) in [6.45, 7) is 1.85. The molecule has 0 aliphatic rings. The Labute approximate surface area is 94.9 Å². The Hall–Kier alpha value is -0.590. The number of amides is 1. The van der Waals surface area contributed by atoms with E-state index < -0.39 is 0 Å². The topological polar surface area (TPSA) is 64.6 Å². The fourth-order valence-corrected chi connectivity index (χ4v) is 1.01. The van der Waals surface area contributed by atoms with Crippen molar-refractivity contribution < 1.29 is 19.1 Å². The molecular formula is C9H17NO4S. The van der Waals surface area contributed by atoms with E-state index in [4.69, 9.17) is 9.47 Å². The molecule has 0 radical (unpaired) electrons. The van der Waals surface area contributed by atoms with E-state index in [0.29, 0.717) is 44.8 Å². The summed E-state index contributed by atoms with van der Waals surface area (Å²) >= 11 is 3.93. The van der Waals surface area contributed by atoms with Crippen LogP contribution in [-0.4, -0.2) is 50.9 Å². The van der Waals surface area contributed by atoms with Gasteiger partial charge in [-0.15, -0.1) is 0 Å². The van der Waals surface area contributed by atoms with Crippen molar-refractivity contribution in [2.75, 3.05) is 38.7 Å². The maximum absolute atomic E-state index is 10.9. The van der Waals surface area contributed by atoms with E-state index in [1.54, 1.807) is 0 Å². The highest BCUT2D eigenvalue weighted by atomic mass is 32.1. The molecule has 0 aromatic rings. The van der Waals surface area contributed by atoms with Gasteiger partial charge in [0.1, 0.15) is 12.9 Å². The first kappa shape index (κ1) is 14.4. The molecule has 6 heteroatoms. The molecule has 0 aromatic heterocycles. The van der Waals surface area contributed by atoms with Crippen molar-refractivity contribution in [3.05, 3.63) is 0 Å². The molecule has 0 aromatic carbocycles. The van der Waals surface area contributed by atoms with Crippen molar-refractivity contribution in [2.45, 2.75) is 6.42 Å². The third-order valence-electron chi connectivity index (χ3n) is 1.47. The molecule has 0 rings (SSSR count). The standard InChI is InChI=1S/C9H17NO4S/c11-3-5-14-7-6-13-4-2-10-9(12)1-8-15/h3,15H,1-2,4-8H2,(H,10,12). The van der Waals surface area contributed by atoms with Gasteiger partial charge in [0.15, 0.2) is 0 Å². The van der Waals surface area contributed by atoms with Crippen molar-refractivity contribution in [3.8, 4) is 0 Å². The molecule has 1 N–H and O–H groups in total. The molecule has 0 bridgehead atoms. The first-order valence-electron chi connectivity index (χ1n) is 4.78. The molecule has 0 heterocycles. The van der Waals surface area contributed by atoms with E-state index in [1.807, 2.05) is 0 Å². The highest BCUT2D eigenvalue weighted by molar-refractivity contribution is 7.80. The zero-order valence-corrected chi connectivity index (χ0v) is 9.50. The van der Waals surface area contributed by atoms with Gasteiger partial charge in [0, 0.05) is 13.0 Å². The fourth-order valence-electron chi connectivity index (χ4n) is 0.804. The summed E-state index contributed by atoms with van der Waals surface area (Å²) in [6, 6.07) is 0. The Kier molecular flexibility index (Phi) is 11.0. The lowest BCUT2D eigenvalue weighted by atomic mass is 10.4. The largest absolute Gasteiger partial charge is 0.377 e. The van der Waals surface area contributed by atoms with Crippen molar-refractivity contribution in [1.82, 2.24) is 5.32 Å². The number of hydrogen-bond donors (Lipinski definition) is 2. The lowest BCUT2D eigenvalue weighted by molar-refractivity contribution is -0.121. The van der Waals surface area contributed by atoms with Gasteiger partial charge in [0.2, 0.25) is 5.91 Å². The van der Waals surface area contributed by atoms with Crippen molar-refractivity contribution in [2.24, 2.45) is 0 Å². The lowest BCUT2D eigenvalue weighted by Crippen LogP contribution is -2.27. The van der Waals surface area contributed by atoms with Crippen LogP contribution in [0.1, 0.15) is 6.42 Å². The smallest absolute Gasteiger partial charge is 0.220 e. The molecule has 0 spiro atoms. The summed E-state index contributed by atoms with van der Waals surface area (Å²) in [5.74, 6) is 0.525. The summed E-state index contributed by atoms with van der Waals surface area (Å²) < 4.78 is 9.99. The van der Waals surface area contributed by atoms with Crippen molar-refractivity contribution >= 4 is 24.8 Å². The number of nitrogens with one attached hydrogen (secondary N) is 1. The molecule has 15 heavy (non-hydrogen) atoms. The Balaban J connectivity index is 3.04. The average Bonchev–Trinajstić information content (AvgIpc) is 2.22. The third kappa shape index (κ3) is 11.3. The van der Waals surface area contributed by atoms with Crippen LogP contribution in [0.15, 0.2) is 0 Å². The number of hydrogen-bond acceptors (Lipinski definition) is 5. The summed E-state index contributed by atoms with van der Waals surface area (Å²) in [6.07, 6.45) is 1.11. The fraction of sp³-hybridized carbons (Fsp3) is 0.778. The number of thiol groups is 1.